The number of hydrogen-bond donors (Lipinski definition) is 0. The van der Waals surface area contributed by atoms with Crippen molar-refractivity contribution >= 4 is 5.97 Å². The minimum Gasteiger partial charge on any atom is -0.465 e. The molecule has 0 amide bonds. The van der Waals surface area contributed by atoms with E-state index in [1.54, 1.807) is 24.3 Å². The predicted octanol–water partition coefficient (Wildman–Crippen LogP) is 2.67. The first-order valence-electron chi connectivity index (χ1n) is 5.00. The Bertz CT molecular complexity index is 555. The highest BCUT2D eigenvalue weighted by atomic mass is 19.1. The zero-order chi connectivity index (χ0) is 12.3. The van der Waals surface area contributed by atoms with Crippen molar-refractivity contribution in [3.63, 3.8) is 0 Å². The van der Waals surface area contributed by atoms with Gasteiger partial charge >= 0.3 is 5.97 Å². The Labute approximate surface area is 97.9 Å². The van der Waals surface area contributed by atoms with Crippen molar-refractivity contribution < 1.29 is 13.9 Å². The quantitative estimate of drug-likeness (QED) is 0.746. The van der Waals surface area contributed by atoms with Crippen LogP contribution < -0.4 is 0 Å². The van der Waals surface area contributed by atoms with E-state index in [1.165, 1.54) is 25.6 Å². The zero-order valence-electron chi connectivity index (χ0n) is 9.18. The lowest BCUT2D eigenvalue weighted by atomic mass is 10.1. The van der Waals surface area contributed by atoms with Crippen molar-refractivity contribution in [1.29, 1.82) is 0 Å². The summed E-state index contributed by atoms with van der Waals surface area (Å²) >= 11 is 0. The molecule has 4 heteroatoms. The summed E-state index contributed by atoms with van der Waals surface area (Å²) in [4.78, 5) is 15.2. The molecule has 0 spiro atoms. The molecule has 2 rings (SSSR count). The molecule has 0 atom stereocenters. The van der Waals surface area contributed by atoms with Crippen LogP contribution >= 0.6 is 0 Å². The minimum atomic E-state index is -0.490. The number of rotatable bonds is 2. The predicted molar refractivity (Wildman–Crippen MR) is 61.0 cm³/mol. The summed E-state index contributed by atoms with van der Waals surface area (Å²) in [6.45, 7) is 0. The van der Waals surface area contributed by atoms with Crippen LogP contribution in [0.1, 0.15) is 10.4 Å². The highest BCUT2D eigenvalue weighted by molar-refractivity contribution is 5.90. The summed E-state index contributed by atoms with van der Waals surface area (Å²) in [5.41, 5.74) is 1.25. The number of ether oxygens (including phenoxy) is 1. The van der Waals surface area contributed by atoms with Gasteiger partial charge in [-0.15, -0.1) is 0 Å². The second-order valence-electron chi connectivity index (χ2n) is 3.43. The van der Waals surface area contributed by atoms with Crippen molar-refractivity contribution in [3.8, 4) is 11.1 Å². The van der Waals surface area contributed by atoms with Gasteiger partial charge in [0.2, 0.25) is 0 Å². The van der Waals surface area contributed by atoms with E-state index in [-0.39, 0.29) is 5.82 Å². The van der Waals surface area contributed by atoms with Gasteiger partial charge in [0.1, 0.15) is 5.82 Å². The van der Waals surface area contributed by atoms with Gasteiger partial charge in [0.25, 0.3) is 0 Å². The van der Waals surface area contributed by atoms with E-state index in [2.05, 4.69) is 9.72 Å². The zero-order valence-corrected chi connectivity index (χ0v) is 9.18. The van der Waals surface area contributed by atoms with Gasteiger partial charge in [-0.25, -0.2) is 9.18 Å². The number of carbonyl (C=O) groups excluding carboxylic acids is 1. The lowest BCUT2D eigenvalue weighted by molar-refractivity contribution is 0.0600. The molecule has 0 saturated heterocycles. The normalized spacial score (nSPS) is 10.0. The van der Waals surface area contributed by atoms with Gasteiger partial charge < -0.3 is 4.74 Å². The molecule has 0 aliphatic rings. The largest absolute Gasteiger partial charge is 0.465 e. The molecule has 0 aliphatic carbocycles. The van der Waals surface area contributed by atoms with Crippen LogP contribution in [0.2, 0.25) is 0 Å². The number of nitrogens with zero attached hydrogens (tertiary/aromatic N) is 1. The molecule has 0 fully saturated rings. The van der Waals surface area contributed by atoms with E-state index in [4.69, 9.17) is 0 Å². The Morgan fingerprint density at radius 3 is 2.76 bits per heavy atom. The van der Waals surface area contributed by atoms with E-state index in [1.807, 2.05) is 0 Å². The molecular weight excluding hydrogens is 221 g/mol. The first-order valence-corrected chi connectivity index (χ1v) is 5.00. The fourth-order valence-electron chi connectivity index (χ4n) is 1.51. The van der Waals surface area contributed by atoms with Gasteiger partial charge in [-0.2, -0.15) is 0 Å². The molecule has 0 radical (unpaired) electrons. The average molecular weight is 231 g/mol. The molecule has 3 nitrogen and oxygen atoms in total. The van der Waals surface area contributed by atoms with Crippen LogP contribution in [-0.4, -0.2) is 18.1 Å². The Morgan fingerprint density at radius 2 is 2.06 bits per heavy atom. The molecule has 1 heterocycles. The maximum absolute atomic E-state index is 13.5. The van der Waals surface area contributed by atoms with E-state index >= 15 is 0 Å². The first-order chi connectivity index (χ1) is 8.22. The third kappa shape index (κ3) is 2.30. The molecule has 0 unspecified atom stereocenters. The number of pyridine rings is 1. The standard InChI is InChI=1S/C13H10FNO2/c1-17-13(16)10-6-9(7-15-8-10)11-4-2-3-5-12(11)14/h2-8H,1H3. The third-order valence-corrected chi connectivity index (χ3v) is 2.34. The number of methoxy groups -OCH3 is 1. The van der Waals surface area contributed by atoms with Crippen molar-refractivity contribution in [2.75, 3.05) is 7.11 Å². The van der Waals surface area contributed by atoms with Crippen molar-refractivity contribution in [3.05, 3.63) is 54.1 Å². The van der Waals surface area contributed by atoms with E-state index in [9.17, 15) is 9.18 Å². The van der Waals surface area contributed by atoms with Crippen LogP contribution in [0, 0.1) is 5.82 Å². The third-order valence-electron chi connectivity index (χ3n) is 2.34. The van der Waals surface area contributed by atoms with Crippen LogP contribution in [0.15, 0.2) is 42.7 Å². The van der Waals surface area contributed by atoms with E-state index < -0.39 is 5.97 Å². The van der Waals surface area contributed by atoms with E-state index in [0.717, 1.165) is 0 Å². The smallest absolute Gasteiger partial charge is 0.339 e. The van der Waals surface area contributed by atoms with Gasteiger partial charge in [-0.05, 0) is 12.1 Å². The summed E-state index contributed by atoms with van der Waals surface area (Å²) in [7, 11) is 1.29. The minimum absolute atomic E-state index is 0.299. The summed E-state index contributed by atoms with van der Waals surface area (Å²) < 4.78 is 18.1. The topological polar surface area (TPSA) is 39.2 Å². The van der Waals surface area contributed by atoms with Crippen LogP contribution in [0.25, 0.3) is 11.1 Å². The molecule has 0 bridgehead atoms. The Balaban J connectivity index is 2.47. The lowest BCUT2D eigenvalue weighted by Crippen LogP contribution is -2.02. The Hall–Kier alpha value is -2.23. The second-order valence-corrected chi connectivity index (χ2v) is 3.43. The molecule has 86 valence electrons. The van der Waals surface area contributed by atoms with Gasteiger partial charge in [0, 0.05) is 23.5 Å². The van der Waals surface area contributed by atoms with Gasteiger partial charge in [0.15, 0.2) is 0 Å². The van der Waals surface area contributed by atoms with E-state index in [0.29, 0.717) is 16.7 Å². The number of halogens is 1. The molecule has 17 heavy (non-hydrogen) atoms. The lowest BCUT2D eigenvalue weighted by Gasteiger charge is -2.04. The SMILES string of the molecule is COC(=O)c1cncc(-c2ccccc2F)c1. The summed E-state index contributed by atoms with van der Waals surface area (Å²) in [5.74, 6) is -0.841. The first kappa shape index (κ1) is 11.3. The molecular formula is C13H10FNO2. The number of hydrogen-bond acceptors (Lipinski definition) is 3. The number of carbonyl (C=O) groups is 1. The Morgan fingerprint density at radius 1 is 1.29 bits per heavy atom. The molecule has 1 aromatic carbocycles. The number of esters is 1. The maximum atomic E-state index is 13.5. The molecule has 0 N–H and O–H groups in total. The van der Waals surface area contributed by atoms with Crippen molar-refractivity contribution in [2.45, 2.75) is 0 Å². The molecule has 0 saturated carbocycles. The highest BCUT2D eigenvalue weighted by Crippen LogP contribution is 2.22. The van der Waals surface area contributed by atoms with Gasteiger partial charge in [-0.1, -0.05) is 18.2 Å². The van der Waals surface area contributed by atoms with Gasteiger partial charge in [-0.3, -0.25) is 4.98 Å². The monoisotopic (exact) mass is 231 g/mol. The van der Waals surface area contributed by atoms with Crippen LogP contribution in [-0.2, 0) is 4.74 Å². The molecule has 0 aliphatic heterocycles. The highest BCUT2D eigenvalue weighted by Gasteiger charge is 2.09. The number of benzene rings is 1. The fourth-order valence-corrected chi connectivity index (χ4v) is 1.51. The maximum Gasteiger partial charge on any atom is 0.339 e. The average Bonchev–Trinajstić information content (AvgIpc) is 2.38. The summed E-state index contributed by atoms with van der Waals surface area (Å²) in [6, 6.07) is 7.88. The fraction of sp³-hybridized carbons (Fsp3) is 0.0769. The second kappa shape index (κ2) is 4.74. The summed E-state index contributed by atoms with van der Waals surface area (Å²) in [6.07, 6.45) is 2.89. The summed E-state index contributed by atoms with van der Waals surface area (Å²) in [5, 5.41) is 0. The van der Waals surface area contributed by atoms with Gasteiger partial charge in [0.05, 0.1) is 12.7 Å². The van der Waals surface area contributed by atoms with Crippen LogP contribution in [0.5, 0.6) is 0 Å². The molecule has 2 aromatic rings. The van der Waals surface area contributed by atoms with Crippen molar-refractivity contribution in [2.24, 2.45) is 0 Å². The van der Waals surface area contributed by atoms with Crippen LogP contribution in [0.3, 0.4) is 0 Å². The molecule has 1 aromatic heterocycles. The van der Waals surface area contributed by atoms with Crippen molar-refractivity contribution in [1.82, 2.24) is 4.98 Å². The number of aromatic nitrogens is 1. The van der Waals surface area contributed by atoms with Crippen LogP contribution in [0.4, 0.5) is 4.39 Å². The Kier molecular flexibility index (Phi) is 3.14.